The molecule has 63 heavy (non-hydrogen) atoms. The van der Waals surface area contributed by atoms with Gasteiger partial charge in [0.2, 0.25) is 0 Å². The summed E-state index contributed by atoms with van der Waals surface area (Å²) in [7, 11) is 0. The number of fused-ring (bicyclic) bond motifs is 20. The smallest absolute Gasteiger partial charge is 0.277 e. The second-order valence-corrected chi connectivity index (χ2v) is 19.2. The zero-order valence-corrected chi connectivity index (χ0v) is 35.5. The minimum atomic E-state index is 0.0706. The van der Waals surface area contributed by atoms with Crippen LogP contribution < -0.4 is 24.8 Å². The summed E-state index contributed by atoms with van der Waals surface area (Å²) in [4.78, 5) is 5.25. The third-order valence-corrected chi connectivity index (χ3v) is 16.4. The molecule has 11 aromatic carbocycles. The van der Waals surface area contributed by atoms with Crippen molar-refractivity contribution in [3.8, 4) is 0 Å². The molecule has 13 aromatic rings. The van der Waals surface area contributed by atoms with Crippen LogP contribution in [0.15, 0.2) is 200 Å². The van der Waals surface area contributed by atoms with Gasteiger partial charge in [0.25, 0.3) is 6.71 Å². The Morgan fingerprint density at radius 3 is 1.24 bits per heavy atom. The molecule has 0 radical (unpaired) electrons. The maximum atomic E-state index is 2.64. The molecule has 0 saturated carbocycles. The summed E-state index contributed by atoms with van der Waals surface area (Å²) in [5.41, 5.74) is 8.83. The predicted octanol–water partition coefficient (Wildman–Crippen LogP) is 15.1. The van der Waals surface area contributed by atoms with Crippen LogP contribution in [0.25, 0.3) is 84.8 Å². The monoisotopic (exact) mass is 832 g/mol. The van der Waals surface area contributed by atoms with Crippen LogP contribution in [-0.4, -0.2) is 6.71 Å². The van der Waals surface area contributed by atoms with Gasteiger partial charge in [0.05, 0.1) is 17.1 Å². The molecule has 0 bridgehead atoms. The highest BCUT2D eigenvalue weighted by Gasteiger charge is 2.47. The van der Waals surface area contributed by atoms with Crippen LogP contribution in [0.2, 0.25) is 0 Å². The lowest BCUT2D eigenvalue weighted by molar-refractivity contribution is 1.29. The van der Waals surface area contributed by atoms with E-state index in [1.165, 1.54) is 134 Å². The van der Waals surface area contributed by atoms with E-state index in [1.807, 2.05) is 22.7 Å². The average Bonchev–Trinajstić information content (AvgIpc) is 3.93. The highest BCUT2D eigenvalue weighted by Crippen LogP contribution is 2.53. The Morgan fingerprint density at radius 2 is 0.683 bits per heavy atom. The molecule has 2 aliphatic heterocycles. The van der Waals surface area contributed by atoms with Crippen molar-refractivity contribution in [1.29, 1.82) is 0 Å². The lowest BCUT2D eigenvalue weighted by atomic mass is 9.39. The van der Waals surface area contributed by atoms with Crippen molar-refractivity contribution in [2.24, 2.45) is 0 Å². The summed E-state index contributed by atoms with van der Waals surface area (Å²) in [6.45, 7) is 0.0706. The van der Waals surface area contributed by atoms with Crippen LogP contribution in [0.3, 0.4) is 0 Å². The van der Waals surface area contributed by atoms with E-state index in [2.05, 4.69) is 210 Å². The first-order valence-corrected chi connectivity index (χ1v) is 23.3. The minimum absolute atomic E-state index is 0.0706. The van der Waals surface area contributed by atoms with E-state index < -0.39 is 0 Å². The highest BCUT2D eigenvalue weighted by atomic mass is 32.1. The molecule has 0 unspecified atom stereocenters. The maximum Gasteiger partial charge on any atom is 0.277 e. The molecule has 290 valence electrons. The second kappa shape index (κ2) is 12.6. The van der Waals surface area contributed by atoms with Crippen LogP contribution >= 0.6 is 22.7 Å². The van der Waals surface area contributed by atoms with E-state index in [0.717, 1.165) is 0 Å². The topological polar surface area (TPSA) is 6.48 Å². The van der Waals surface area contributed by atoms with Crippen molar-refractivity contribution in [2.45, 2.75) is 0 Å². The molecule has 0 N–H and O–H groups in total. The Kier molecular flexibility index (Phi) is 6.83. The average molecular weight is 833 g/mol. The van der Waals surface area contributed by atoms with Gasteiger partial charge in [-0.2, -0.15) is 0 Å². The summed E-state index contributed by atoms with van der Waals surface area (Å²) < 4.78 is 5.44. The summed E-state index contributed by atoms with van der Waals surface area (Å²) in [5.74, 6) is 0. The van der Waals surface area contributed by atoms with Gasteiger partial charge in [-0.3, -0.25) is 0 Å². The van der Waals surface area contributed by atoms with Gasteiger partial charge in [-0.25, -0.2) is 0 Å². The largest absolute Gasteiger partial charge is 0.310 e. The van der Waals surface area contributed by atoms with E-state index in [1.54, 1.807) is 0 Å². The van der Waals surface area contributed by atoms with Gasteiger partial charge in [0.1, 0.15) is 0 Å². The number of benzene rings is 11. The molecule has 0 fully saturated rings. The van der Waals surface area contributed by atoms with Gasteiger partial charge in [0.15, 0.2) is 0 Å². The molecule has 4 heterocycles. The van der Waals surface area contributed by atoms with E-state index >= 15 is 0 Å². The first-order chi connectivity index (χ1) is 31.3. The quantitative estimate of drug-likeness (QED) is 0.126. The molecule has 0 spiro atoms. The van der Waals surface area contributed by atoms with Crippen LogP contribution in [0, 0.1) is 0 Å². The molecule has 0 amide bonds. The third-order valence-electron chi connectivity index (χ3n) is 14.0. The first-order valence-electron chi connectivity index (χ1n) is 21.7. The molecular weight excluding hydrogens is 800 g/mol. The fraction of sp³-hybridized carbons (Fsp3) is 0. The van der Waals surface area contributed by atoms with Crippen LogP contribution in [0.5, 0.6) is 0 Å². The lowest BCUT2D eigenvalue weighted by Gasteiger charge is -2.42. The minimum Gasteiger partial charge on any atom is -0.310 e. The van der Waals surface area contributed by atoms with Crippen molar-refractivity contribution >= 4 is 163 Å². The zero-order valence-electron chi connectivity index (χ0n) is 33.8. The van der Waals surface area contributed by atoms with Gasteiger partial charge < -0.3 is 9.80 Å². The summed E-state index contributed by atoms with van der Waals surface area (Å²) >= 11 is 3.94. The van der Waals surface area contributed by atoms with E-state index in [4.69, 9.17) is 0 Å². The summed E-state index contributed by atoms with van der Waals surface area (Å²) in [6.07, 6.45) is 0. The molecule has 2 nitrogen and oxygen atoms in total. The van der Waals surface area contributed by atoms with Crippen molar-refractivity contribution < 1.29 is 0 Å². The van der Waals surface area contributed by atoms with Crippen molar-refractivity contribution in [1.82, 2.24) is 0 Å². The Morgan fingerprint density at radius 1 is 0.302 bits per heavy atom. The van der Waals surface area contributed by atoms with Crippen molar-refractivity contribution in [3.63, 3.8) is 0 Å². The third kappa shape index (κ3) is 4.47. The maximum absolute atomic E-state index is 2.64. The number of hydrogen-bond acceptors (Lipinski definition) is 4. The molecule has 0 atom stereocenters. The number of thiophene rings is 2. The van der Waals surface area contributed by atoms with Crippen molar-refractivity contribution in [3.05, 3.63) is 200 Å². The standard InChI is InChI=1S/C58H33BN2S2/c1-2-17-37-35(15-1)36-16-4-6-21-41(36)47-33-34(31-32-42(37)47)60-49-27-14-28-50-54(49)59(57-55(60)45-23-9-11-29-51(45)62-57)58-56(46-24-10-12-30-52(46)63-58)61(50)48-26-13-25-44-40-19-5-3-18-38(40)39-20-7-8-22-43(39)53(44)48/h1-33H. The fourth-order valence-electron chi connectivity index (χ4n) is 11.5. The Labute approximate surface area is 371 Å². The molecule has 2 aromatic heterocycles. The SMILES string of the molecule is c1cc2c3c(c1)N(c1cccc4c5ccccc5c5ccccc5c14)c1c(sc4ccccc14)B3c1sc3ccccc3c1N2c1ccc2c3ccccc3c3ccccc3c2c1. The fourth-order valence-corrected chi connectivity index (χ4v) is 14.2. The molecule has 0 aliphatic carbocycles. The molecule has 15 rings (SSSR count). The molecule has 2 aliphatic rings. The summed E-state index contributed by atoms with van der Waals surface area (Å²) in [5, 5.41) is 18.0. The Balaban J connectivity index is 1.07. The van der Waals surface area contributed by atoms with Crippen LogP contribution in [0.1, 0.15) is 0 Å². The van der Waals surface area contributed by atoms with Crippen LogP contribution in [0.4, 0.5) is 34.1 Å². The van der Waals surface area contributed by atoms with Crippen LogP contribution in [-0.2, 0) is 0 Å². The Bertz CT molecular complexity index is 4060. The summed E-state index contributed by atoms with van der Waals surface area (Å²) in [6, 6.07) is 75.1. The first kappa shape index (κ1) is 34.2. The van der Waals surface area contributed by atoms with Gasteiger partial charge in [0, 0.05) is 52.2 Å². The van der Waals surface area contributed by atoms with E-state index in [0.29, 0.717) is 0 Å². The Hall–Kier alpha value is -7.44. The number of rotatable bonds is 2. The lowest BCUT2D eigenvalue weighted by Crippen LogP contribution is -2.59. The van der Waals surface area contributed by atoms with Gasteiger partial charge in [-0.15, -0.1) is 22.7 Å². The van der Waals surface area contributed by atoms with Gasteiger partial charge in [-0.1, -0.05) is 158 Å². The van der Waals surface area contributed by atoms with E-state index in [-0.39, 0.29) is 6.71 Å². The van der Waals surface area contributed by atoms with Gasteiger partial charge >= 0.3 is 0 Å². The molecule has 5 heteroatoms. The number of anilines is 6. The number of hydrogen-bond donors (Lipinski definition) is 0. The zero-order chi connectivity index (χ0) is 40.9. The predicted molar refractivity (Wildman–Crippen MR) is 276 cm³/mol. The second-order valence-electron chi connectivity index (χ2n) is 17.0. The normalized spacial score (nSPS) is 13.3. The molecule has 0 saturated heterocycles. The molecular formula is C58H33BN2S2. The van der Waals surface area contributed by atoms with Crippen molar-refractivity contribution in [2.75, 3.05) is 9.80 Å². The number of nitrogens with zero attached hydrogens (tertiary/aromatic N) is 2. The van der Waals surface area contributed by atoms with E-state index in [9.17, 15) is 0 Å². The van der Waals surface area contributed by atoms with Gasteiger partial charge in [-0.05, 0) is 107 Å². The highest BCUT2D eigenvalue weighted by molar-refractivity contribution is 7.40.